The lowest BCUT2D eigenvalue weighted by molar-refractivity contribution is 0.0586. The predicted molar refractivity (Wildman–Crippen MR) is 91.6 cm³/mol. The first-order valence-corrected chi connectivity index (χ1v) is 8.39. The van der Waals surface area contributed by atoms with Gasteiger partial charge in [-0.15, -0.1) is 0 Å². The number of amides is 1. The van der Waals surface area contributed by atoms with E-state index in [1.54, 1.807) is 0 Å². The number of hydrogen-bond acceptors (Lipinski definition) is 5. The lowest BCUT2D eigenvalue weighted by Gasteiger charge is -2.31. The molecule has 0 aliphatic carbocycles. The largest absolute Gasteiger partial charge is 0.464 e. The van der Waals surface area contributed by atoms with Gasteiger partial charge in [-0.25, -0.2) is 9.78 Å². The highest BCUT2D eigenvalue weighted by atomic mass is 16.5. The molecular weight excluding hydrogens is 320 g/mol. The van der Waals surface area contributed by atoms with E-state index in [-0.39, 0.29) is 17.5 Å². The Morgan fingerprint density at radius 2 is 1.96 bits per heavy atom. The molecule has 1 amide bonds. The Hall–Kier alpha value is -2.63. The third-order valence-electron chi connectivity index (χ3n) is 4.75. The fourth-order valence-electron chi connectivity index (χ4n) is 3.28. The molecule has 0 spiro atoms. The fraction of sp³-hybridized carbons (Fsp3) is 0.421. The van der Waals surface area contributed by atoms with E-state index in [2.05, 4.69) is 4.98 Å². The van der Waals surface area contributed by atoms with Gasteiger partial charge in [0.15, 0.2) is 12.1 Å². The zero-order valence-corrected chi connectivity index (χ0v) is 14.7. The van der Waals surface area contributed by atoms with Gasteiger partial charge in [-0.3, -0.25) is 4.79 Å². The Balaban J connectivity index is 1.70. The summed E-state index contributed by atoms with van der Waals surface area (Å²) >= 11 is 0. The third kappa shape index (κ3) is 3.43. The Morgan fingerprint density at radius 3 is 2.64 bits per heavy atom. The number of methoxy groups -OCH3 is 1. The molecule has 0 bridgehead atoms. The number of ether oxygens (including phenoxy) is 1. The van der Waals surface area contributed by atoms with Crippen molar-refractivity contribution in [3.05, 3.63) is 52.7 Å². The van der Waals surface area contributed by atoms with Crippen molar-refractivity contribution >= 4 is 11.9 Å². The van der Waals surface area contributed by atoms with Gasteiger partial charge in [0, 0.05) is 24.6 Å². The van der Waals surface area contributed by atoms with Crippen LogP contribution in [0.25, 0.3) is 0 Å². The van der Waals surface area contributed by atoms with E-state index in [1.165, 1.54) is 13.5 Å². The predicted octanol–water partition coefficient (Wildman–Crippen LogP) is 3.10. The molecule has 25 heavy (non-hydrogen) atoms. The highest BCUT2D eigenvalue weighted by Gasteiger charge is 2.30. The van der Waals surface area contributed by atoms with Crippen LogP contribution in [0.2, 0.25) is 0 Å². The number of aryl methyl sites for hydroxylation is 2. The van der Waals surface area contributed by atoms with Crippen LogP contribution in [0.1, 0.15) is 56.5 Å². The number of benzene rings is 1. The van der Waals surface area contributed by atoms with E-state index in [0.717, 1.165) is 29.5 Å². The van der Waals surface area contributed by atoms with Gasteiger partial charge in [-0.1, -0.05) is 17.7 Å². The Morgan fingerprint density at radius 1 is 1.24 bits per heavy atom. The Bertz CT molecular complexity index is 788. The van der Waals surface area contributed by atoms with Crippen LogP contribution in [0.15, 0.2) is 29.0 Å². The summed E-state index contributed by atoms with van der Waals surface area (Å²) in [6.45, 7) is 5.19. The minimum Gasteiger partial charge on any atom is -0.464 e. The Labute approximate surface area is 146 Å². The van der Waals surface area contributed by atoms with Gasteiger partial charge in [-0.2, -0.15) is 0 Å². The lowest BCUT2D eigenvalue weighted by Crippen LogP contribution is -2.38. The molecule has 2 heterocycles. The van der Waals surface area contributed by atoms with Crippen molar-refractivity contribution in [3.8, 4) is 0 Å². The van der Waals surface area contributed by atoms with Gasteiger partial charge in [0.05, 0.1) is 7.11 Å². The molecule has 6 nitrogen and oxygen atoms in total. The topological polar surface area (TPSA) is 72.6 Å². The zero-order chi connectivity index (χ0) is 18.0. The van der Waals surface area contributed by atoms with Crippen molar-refractivity contribution in [2.45, 2.75) is 32.6 Å². The average molecular weight is 342 g/mol. The first-order valence-electron chi connectivity index (χ1n) is 8.39. The van der Waals surface area contributed by atoms with Crippen molar-refractivity contribution in [1.82, 2.24) is 9.88 Å². The van der Waals surface area contributed by atoms with Crippen molar-refractivity contribution in [1.29, 1.82) is 0 Å². The normalized spacial score (nSPS) is 15.2. The number of piperidine rings is 1. The van der Waals surface area contributed by atoms with Crippen LogP contribution >= 0.6 is 0 Å². The molecule has 1 aromatic heterocycles. The van der Waals surface area contributed by atoms with E-state index in [4.69, 9.17) is 9.15 Å². The first kappa shape index (κ1) is 17.2. The molecule has 1 fully saturated rings. The maximum atomic E-state index is 12.8. The van der Waals surface area contributed by atoms with Crippen LogP contribution in [0.3, 0.4) is 0 Å². The molecule has 1 aromatic carbocycles. The minimum atomic E-state index is -0.488. The van der Waals surface area contributed by atoms with E-state index < -0.39 is 5.97 Å². The van der Waals surface area contributed by atoms with Crippen LogP contribution in [0, 0.1) is 13.8 Å². The molecule has 132 valence electrons. The monoisotopic (exact) mass is 342 g/mol. The third-order valence-corrected chi connectivity index (χ3v) is 4.75. The quantitative estimate of drug-likeness (QED) is 0.802. The molecule has 1 aliphatic rings. The lowest BCUT2D eigenvalue weighted by atomic mass is 9.92. The average Bonchev–Trinajstić information content (AvgIpc) is 3.12. The van der Waals surface area contributed by atoms with E-state index in [9.17, 15) is 9.59 Å². The summed E-state index contributed by atoms with van der Waals surface area (Å²) in [5.41, 5.74) is 3.06. The van der Waals surface area contributed by atoms with Crippen LogP contribution in [-0.4, -0.2) is 42.0 Å². The van der Waals surface area contributed by atoms with Crippen LogP contribution in [0.4, 0.5) is 0 Å². The van der Waals surface area contributed by atoms with Crippen molar-refractivity contribution in [2.24, 2.45) is 0 Å². The van der Waals surface area contributed by atoms with Gasteiger partial charge in [-0.05, 0) is 38.3 Å². The minimum absolute atomic E-state index is 0.0606. The molecule has 0 atom stereocenters. The molecule has 3 rings (SSSR count). The zero-order valence-electron chi connectivity index (χ0n) is 14.7. The summed E-state index contributed by atoms with van der Waals surface area (Å²) < 4.78 is 10.2. The fourth-order valence-corrected chi connectivity index (χ4v) is 3.28. The standard InChI is InChI=1S/C19H22N2O4/c1-12-4-5-13(2)15(10-12)18(22)21-8-6-14(7-9-21)17-16(19(23)24-3)20-11-25-17/h4-5,10-11,14H,6-9H2,1-3H3. The summed E-state index contributed by atoms with van der Waals surface area (Å²) in [6.07, 6.45) is 2.74. The number of carbonyl (C=O) groups is 2. The van der Waals surface area contributed by atoms with Crippen LogP contribution in [0.5, 0.6) is 0 Å². The highest BCUT2D eigenvalue weighted by molar-refractivity contribution is 5.96. The van der Waals surface area contributed by atoms with Crippen molar-refractivity contribution in [3.63, 3.8) is 0 Å². The number of nitrogens with zero attached hydrogens (tertiary/aromatic N) is 2. The number of aromatic nitrogens is 1. The summed E-state index contributed by atoms with van der Waals surface area (Å²) in [7, 11) is 1.33. The maximum Gasteiger partial charge on any atom is 0.360 e. The number of rotatable bonds is 3. The molecule has 6 heteroatoms. The number of esters is 1. The highest BCUT2D eigenvalue weighted by Crippen LogP contribution is 2.31. The smallest absolute Gasteiger partial charge is 0.360 e. The molecular formula is C19H22N2O4. The summed E-state index contributed by atoms with van der Waals surface area (Å²) in [5, 5.41) is 0. The number of carbonyl (C=O) groups excluding carboxylic acids is 2. The van der Waals surface area contributed by atoms with E-state index in [1.807, 2.05) is 36.9 Å². The molecule has 0 radical (unpaired) electrons. The Kier molecular flexibility index (Phi) is 4.88. The van der Waals surface area contributed by atoms with Gasteiger partial charge in [0.2, 0.25) is 0 Å². The molecule has 1 aliphatic heterocycles. The molecule has 2 aromatic rings. The van der Waals surface area contributed by atoms with E-state index >= 15 is 0 Å². The SMILES string of the molecule is COC(=O)c1ncoc1C1CCN(C(=O)c2cc(C)ccc2C)CC1. The number of oxazole rings is 1. The summed E-state index contributed by atoms with van der Waals surface area (Å²) in [5.74, 6) is 0.202. The summed E-state index contributed by atoms with van der Waals surface area (Å²) in [6, 6.07) is 5.93. The van der Waals surface area contributed by atoms with Crippen LogP contribution in [-0.2, 0) is 4.74 Å². The van der Waals surface area contributed by atoms with Gasteiger partial charge in [0.25, 0.3) is 5.91 Å². The number of hydrogen-bond donors (Lipinski definition) is 0. The maximum absolute atomic E-state index is 12.8. The first-order chi connectivity index (χ1) is 12.0. The van der Waals surface area contributed by atoms with Gasteiger partial charge < -0.3 is 14.1 Å². The molecule has 0 saturated carbocycles. The molecule has 1 saturated heterocycles. The van der Waals surface area contributed by atoms with Gasteiger partial charge >= 0.3 is 5.97 Å². The second-order valence-electron chi connectivity index (χ2n) is 6.44. The van der Waals surface area contributed by atoms with Crippen molar-refractivity contribution in [2.75, 3.05) is 20.2 Å². The van der Waals surface area contributed by atoms with Gasteiger partial charge in [0.1, 0.15) is 5.76 Å². The van der Waals surface area contributed by atoms with Crippen molar-refractivity contribution < 1.29 is 18.7 Å². The molecule has 0 unspecified atom stereocenters. The molecule has 0 N–H and O–H groups in total. The second kappa shape index (κ2) is 7.09. The number of likely N-dealkylation sites (tertiary alicyclic amines) is 1. The second-order valence-corrected chi connectivity index (χ2v) is 6.44. The van der Waals surface area contributed by atoms with E-state index in [0.29, 0.717) is 18.8 Å². The van der Waals surface area contributed by atoms with Crippen LogP contribution < -0.4 is 0 Å². The summed E-state index contributed by atoms with van der Waals surface area (Å²) in [4.78, 5) is 30.4.